The molecule has 1 aromatic rings. The average Bonchev–Trinajstić information content (AvgIpc) is 2.28. The summed E-state index contributed by atoms with van der Waals surface area (Å²) in [4.78, 5) is 15.1. The van der Waals surface area contributed by atoms with E-state index in [4.69, 9.17) is 4.74 Å². The Balaban J connectivity index is 2.17. The van der Waals surface area contributed by atoms with Gasteiger partial charge in [-0.15, -0.1) is 0 Å². The van der Waals surface area contributed by atoms with Crippen LogP contribution in [0.3, 0.4) is 0 Å². The highest BCUT2D eigenvalue weighted by Crippen LogP contribution is 1.93. The fraction of sp³-hybridized carbons (Fsp3) is 0.400. The van der Waals surface area contributed by atoms with Gasteiger partial charge in [0.1, 0.15) is 0 Å². The normalized spacial score (nSPS) is 9.67. The van der Waals surface area contributed by atoms with Crippen molar-refractivity contribution in [3.63, 3.8) is 0 Å². The number of nitrogens with zero attached hydrogens (tertiary/aromatic N) is 1. The van der Waals surface area contributed by atoms with Crippen molar-refractivity contribution < 1.29 is 9.53 Å². The molecule has 0 spiro atoms. The molecule has 0 aromatic carbocycles. The number of methoxy groups -OCH3 is 1. The Morgan fingerprint density at radius 1 is 1.53 bits per heavy atom. The number of aromatic nitrogens is 1. The molecular formula is C10H15N3O2. The summed E-state index contributed by atoms with van der Waals surface area (Å²) >= 11 is 0. The number of urea groups is 1. The quantitative estimate of drug-likeness (QED) is 0.695. The van der Waals surface area contributed by atoms with E-state index in [0.29, 0.717) is 19.7 Å². The predicted molar refractivity (Wildman–Crippen MR) is 56.4 cm³/mol. The zero-order chi connectivity index (χ0) is 10.9. The number of amides is 2. The van der Waals surface area contributed by atoms with Crippen LogP contribution >= 0.6 is 0 Å². The van der Waals surface area contributed by atoms with Crippen LogP contribution in [0.5, 0.6) is 0 Å². The maximum absolute atomic E-state index is 11.2. The van der Waals surface area contributed by atoms with E-state index in [1.165, 1.54) is 0 Å². The second-order valence-electron chi connectivity index (χ2n) is 2.96. The average molecular weight is 209 g/mol. The summed E-state index contributed by atoms with van der Waals surface area (Å²) in [6.45, 7) is 1.50. The van der Waals surface area contributed by atoms with Gasteiger partial charge in [-0.05, 0) is 11.6 Å². The Hall–Kier alpha value is -1.62. The molecular weight excluding hydrogens is 194 g/mol. The smallest absolute Gasteiger partial charge is 0.315 e. The van der Waals surface area contributed by atoms with E-state index in [1.54, 1.807) is 19.5 Å². The summed E-state index contributed by atoms with van der Waals surface area (Å²) in [6.07, 6.45) is 3.41. The largest absolute Gasteiger partial charge is 0.383 e. The lowest BCUT2D eigenvalue weighted by molar-refractivity contribution is 0.196. The monoisotopic (exact) mass is 209 g/mol. The molecule has 0 bridgehead atoms. The van der Waals surface area contributed by atoms with Gasteiger partial charge in [0, 0.05) is 32.6 Å². The van der Waals surface area contributed by atoms with Gasteiger partial charge in [0.25, 0.3) is 0 Å². The molecule has 2 N–H and O–H groups in total. The van der Waals surface area contributed by atoms with Crippen molar-refractivity contribution >= 4 is 6.03 Å². The minimum atomic E-state index is -0.198. The molecule has 0 saturated carbocycles. The molecule has 5 nitrogen and oxygen atoms in total. The summed E-state index contributed by atoms with van der Waals surface area (Å²) in [5, 5.41) is 5.37. The van der Waals surface area contributed by atoms with Crippen LogP contribution in [0.2, 0.25) is 0 Å². The van der Waals surface area contributed by atoms with Crippen LogP contribution in [-0.2, 0) is 11.3 Å². The van der Waals surface area contributed by atoms with Crippen molar-refractivity contribution in [1.29, 1.82) is 0 Å². The van der Waals surface area contributed by atoms with Gasteiger partial charge in [0.15, 0.2) is 0 Å². The van der Waals surface area contributed by atoms with Crippen LogP contribution in [0.25, 0.3) is 0 Å². The van der Waals surface area contributed by atoms with Gasteiger partial charge < -0.3 is 15.4 Å². The number of hydrogen-bond donors (Lipinski definition) is 2. The SMILES string of the molecule is COCCNC(=O)NCc1cccnc1. The van der Waals surface area contributed by atoms with Gasteiger partial charge in [-0.1, -0.05) is 6.07 Å². The molecule has 15 heavy (non-hydrogen) atoms. The highest BCUT2D eigenvalue weighted by atomic mass is 16.5. The van der Waals surface area contributed by atoms with E-state index in [2.05, 4.69) is 15.6 Å². The zero-order valence-electron chi connectivity index (χ0n) is 8.69. The first-order valence-corrected chi connectivity index (χ1v) is 4.72. The summed E-state index contributed by atoms with van der Waals surface area (Å²) in [5.74, 6) is 0. The Morgan fingerprint density at radius 3 is 3.07 bits per heavy atom. The number of pyridine rings is 1. The summed E-state index contributed by atoms with van der Waals surface area (Å²) < 4.78 is 4.80. The van der Waals surface area contributed by atoms with Crippen molar-refractivity contribution in [3.05, 3.63) is 30.1 Å². The molecule has 0 aliphatic rings. The lowest BCUT2D eigenvalue weighted by Gasteiger charge is -2.06. The molecule has 0 aliphatic heterocycles. The van der Waals surface area contributed by atoms with E-state index in [9.17, 15) is 4.79 Å². The van der Waals surface area contributed by atoms with Gasteiger partial charge >= 0.3 is 6.03 Å². The molecule has 1 rings (SSSR count). The zero-order valence-corrected chi connectivity index (χ0v) is 8.69. The fourth-order valence-electron chi connectivity index (χ4n) is 1.01. The second-order valence-corrected chi connectivity index (χ2v) is 2.96. The van der Waals surface area contributed by atoms with E-state index >= 15 is 0 Å². The van der Waals surface area contributed by atoms with Crippen molar-refractivity contribution in [2.75, 3.05) is 20.3 Å². The van der Waals surface area contributed by atoms with E-state index in [-0.39, 0.29) is 6.03 Å². The van der Waals surface area contributed by atoms with Gasteiger partial charge in [-0.3, -0.25) is 4.98 Å². The topological polar surface area (TPSA) is 63.2 Å². The molecule has 0 saturated heterocycles. The van der Waals surface area contributed by atoms with Crippen molar-refractivity contribution in [2.24, 2.45) is 0 Å². The van der Waals surface area contributed by atoms with Crippen LogP contribution in [-0.4, -0.2) is 31.3 Å². The second kappa shape index (κ2) is 6.78. The summed E-state index contributed by atoms with van der Waals surface area (Å²) in [7, 11) is 1.59. The van der Waals surface area contributed by atoms with Gasteiger partial charge in [-0.25, -0.2) is 4.79 Å². The number of hydrogen-bond acceptors (Lipinski definition) is 3. The number of rotatable bonds is 5. The molecule has 1 aromatic heterocycles. The van der Waals surface area contributed by atoms with Crippen LogP contribution in [0.4, 0.5) is 4.79 Å². The standard InChI is InChI=1S/C10H15N3O2/c1-15-6-5-12-10(14)13-8-9-3-2-4-11-7-9/h2-4,7H,5-6,8H2,1H3,(H2,12,13,14). The number of carbonyl (C=O) groups excluding carboxylic acids is 1. The third kappa shape index (κ3) is 4.97. The minimum Gasteiger partial charge on any atom is -0.383 e. The predicted octanol–water partition coefficient (Wildman–Crippen LogP) is 0.527. The highest BCUT2D eigenvalue weighted by Gasteiger charge is 1.98. The third-order valence-electron chi connectivity index (χ3n) is 1.77. The van der Waals surface area contributed by atoms with Gasteiger partial charge in [-0.2, -0.15) is 0 Å². The molecule has 0 radical (unpaired) electrons. The first-order chi connectivity index (χ1) is 7.33. The maximum atomic E-state index is 11.2. The molecule has 0 aliphatic carbocycles. The van der Waals surface area contributed by atoms with Gasteiger partial charge in [0.2, 0.25) is 0 Å². The number of nitrogens with one attached hydrogen (secondary N) is 2. The number of ether oxygens (including phenoxy) is 1. The lowest BCUT2D eigenvalue weighted by atomic mass is 10.3. The third-order valence-corrected chi connectivity index (χ3v) is 1.77. The molecule has 0 fully saturated rings. The van der Waals surface area contributed by atoms with Gasteiger partial charge in [0.05, 0.1) is 6.61 Å². The number of carbonyl (C=O) groups is 1. The van der Waals surface area contributed by atoms with Crippen LogP contribution < -0.4 is 10.6 Å². The van der Waals surface area contributed by atoms with Crippen molar-refractivity contribution in [3.8, 4) is 0 Å². The molecule has 2 amide bonds. The highest BCUT2D eigenvalue weighted by molar-refractivity contribution is 5.73. The fourth-order valence-corrected chi connectivity index (χ4v) is 1.01. The first kappa shape index (κ1) is 11.5. The van der Waals surface area contributed by atoms with E-state index < -0.39 is 0 Å². The summed E-state index contributed by atoms with van der Waals surface area (Å²) in [6, 6.07) is 3.54. The summed E-state index contributed by atoms with van der Waals surface area (Å²) in [5.41, 5.74) is 0.972. The molecule has 1 heterocycles. The Labute approximate surface area is 88.9 Å². The Morgan fingerprint density at radius 2 is 2.40 bits per heavy atom. The molecule has 5 heteroatoms. The first-order valence-electron chi connectivity index (χ1n) is 4.72. The Bertz CT molecular complexity index is 290. The van der Waals surface area contributed by atoms with Crippen molar-refractivity contribution in [2.45, 2.75) is 6.54 Å². The minimum absolute atomic E-state index is 0.198. The molecule has 82 valence electrons. The van der Waals surface area contributed by atoms with Crippen LogP contribution in [0.1, 0.15) is 5.56 Å². The van der Waals surface area contributed by atoms with Crippen LogP contribution in [0, 0.1) is 0 Å². The van der Waals surface area contributed by atoms with Crippen LogP contribution in [0.15, 0.2) is 24.5 Å². The van der Waals surface area contributed by atoms with Crippen molar-refractivity contribution in [1.82, 2.24) is 15.6 Å². The maximum Gasteiger partial charge on any atom is 0.315 e. The van der Waals surface area contributed by atoms with E-state index in [1.807, 2.05) is 12.1 Å². The Kier molecular flexibility index (Phi) is 5.18. The lowest BCUT2D eigenvalue weighted by Crippen LogP contribution is -2.36. The molecule has 0 unspecified atom stereocenters. The van der Waals surface area contributed by atoms with E-state index in [0.717, 1.165) is 5.56 Å². The molecule has 0 atom stereocenters.